The Kier molecular flexibility index (Phi) is 5.93. The van der Waals surface area contributed by atoms with Crippen molar-refractivity contribution in [3.05, 3.63) is 71.2 Å². The molecular formula is C19H17N4O5S-. The number of hydrogen-bond acceptors (Lipinski definition) is 7. The van der Waals surface area contributed by atoms with E-state index in [0.717, 1.165) is 0 Å². The topological polar surface area (TPSA) is 122 Å². The third-order valence-corrected chi connectivity index (χ3v) is 5.05. The van der Waals surface area contributed by atoms with Gasteiger partial charge in [-0.3, -0.25) is 9.52 Å². The predicted molar refractivity (Wildman–Crippen MR) is 106 cm³/mol. The minimum atomic E-state index is -3.97. The molecule has 0 atom stereocenters. The molecule has 0 radical (unpaired) electrons. The molecule has 1 amide bonds. The van der Waals surface area contributed by atoms with Crippen molar-refractivity contribution < 1.29 is 22.7 Å². The summed E-state index contributed by atoms with van der Waals surface area (Å²) in [6.45, 7) is 0. The molecule has 0 spiro atoms. The average Bonchev–Trinajstić information content (AvgIpc) is 2.74. The zero-order valence-electron chi connectivity index (χ0n) is 15.6. The van der Waals surface area contributed by atoms with Crippen molar-refractivity contribution in [2.45, 2.75) is 4.90 Å². The second kappa shape index (κ2) is 8.57. The fourth-order valence-electron chi connectivity index (χ4n) is 2.35. The minimum Gasteiger partial charge on any atom is -0.497 e. The number of nitrogens with one attached hydrogen (secondary N) is 1. The SMILES string of the molecule is COc1cc(OC)cc(C(=O)Nc2ccc(S(=O)(=O)[N-]c3ncccn3)cc2)c1. The van der Waals surface area contributed by atoms with E-state index in [0.29, 0.717) is 22.7 Å². The van der Waals surface area contributed by atoms with Crippen molar-refractivity contribution >= 4 is 27.6 Å². The molecule has 9 nitrogen and oxygen atoms in total. The van der Waals surface area contributed by atoms with Gasteiger partial charge in [0.15, 0.2) is 0 Å². The molecule has 150 valence electrons. The van der Waals surface area contributed by atoms with Crippen LogP contribution in [0.1, 0.15) is 10.4 Å². The first-order valence-corrected chi connectivity index (χ1v) is 9.75. The number of amides is 1. The fourth-order valence-corrected chi connectivity index (χ4v) is 3.25. The number of hydrogen-bond donors (Lipinski definition) is 1. The van der Waals surface area contributed by atoms with E-state index in [1.807, 2.05) is 0 Å². The molecule has 0 aliphatic heterocycles. The minimum absolute atomic E-state index is 0.0500. The first-order chi connectivity index (χ1) is 13.9. The Labute approximate surface area is 167 Å². The number of nitrogens with zero attached hydrogens (tertiary/aromatic N) is 3. The molecule has 3 rings (SSSR count). The van der Waals surface area contributed by atoms with Crippen LogP contribution in [-0.2, 0) is 10.0 Å². The van der Waals surface area contributed by atoms with E-state index in [-0.39, 0.29) is 10.8 Å². The van der Waals surface area contributed by atoms with Crippen molar-refractivity contribution in [1.29, 1.82) is 0 Å². The van der Waals surface area contributed by atoms with E-state index in [9.17, 15) is 13.2 Å². The molecular weight excluding hydrogens is 396 g/mol. The summed E-state index contributed by atoms with van der Waals surface area (Å²) in [5.74, 6) is 0.387. The molecule has 1 N–H and O–H groups in total. The van der Waals surface area contributed by atoms with Crippen molar-refractivity contribution in [1.82, 2.24) is 9.97 Å². The van der Waals surface area contributed by atoms with Gasteiger partial charge in [-0.2, -0.15) is 0 Å². The first-order valence-electron chi connectivity index (χ1n) is 8.31. The molecule has 1 aromatic heterocycles. The highest BCUT2D eigenvalue weighted by atomic mass is 32.2. The fraction of sp³-hybridized carbons (Fsp3) is 0.105. The van der Waals surface area contributed by atoms with E-state index in [1.54, 1.807) is 24.3 Å². The van der Waals surface area contributed by atoms with Gasteiger partial charge in [0, 0.05) is 23.3 Å². The van der Waals surface area contributed by atoms with E-state index in [4.69, 9.17) is 9.47 Å². The quantitative estimate of drug-likeness (QED) is 0.631. The number of methoxy groups -OCH3 is 2. The molecule has 3 aromatic rings. The lowest BCUT2D eigenvalue weighted by Crippen LogP contribution is -2.12. The van der Waals surface area contributed by atoms with Crippen LogP contribution in [0.15, 0.2) is 65.8 Å². The van der Waals surface area contributed by atoms with Crippen molar-refractivity contribution in [3.8, 4) is 11.5 Å². The number of sulfonamides is 1. The van der Waals surface area contributed by atoms with E-state index in [2.05, 4.69) is 20.0 Å². The van der Waals surface area contributed by atoms with E-state index in [1.165, 1.54) is 50.9 Å². The van der Waals surface area contributed by atoms with Gasteiger partial charge >= 0.3 is 0 Å². The standard InChI is InChI=1S/C19H18N4O5S/c1-27-15-10-13(11-16(12-15)28-2)18(24)22-14-4-6-17(7-5-14)29(25,26)23-19-20-8-3-9-21-19/h3-12H,1-2H3,(H2,20,21,22,23,24)/p-1. The van der Waals surface area contributed by atoms with Gasteiger partial charge in [0.1, 0.15) is 11.5 Å². The Morgan fingerprint density at radius 3 is 2.10 bits per heavy atom. The number of anilines is 1. The molecule has 0 saturated carbocycles. The number of carbonyl (C=O) groups is 1. The maximum atomic E-state index is 12.5. The number of aromatic nitrogens is 2. The summed E-state index contributed by atoms with van der Waals surface area (Å²) in [5.41, 5.74) is 0.737. The second-order valence-corrected chi connectivity index (χ2v) is 7.30. The Bertz CT molecular complexity index is 1080. The van der Waals surface area contributed by atoms with Crippen LogP contribution < -0.4 is 14.8 Å². The smallest absolute Gasteiger partial charge is 0.255 e. The number of ether oxygens (including phenoxy) is 2. The van der Waals surface area contributed by atoms with Gasteiger partial charge in [-0.25, -0.2) is 8.42 Å². The molecule has 29 heavy (non-hydrogen) atoms. The summed E-state index contributed by atoms with van der Waals surface area (Å²) in [4.78, 5) is 20.0. The highest BCUT2D eigenvalue weighted by molar-refractivity contribution is 7.94. The largest absolute Gasteiger partial charge is 0.497 e. The van der Waals surface area contributed by atoms with Crippen molar-refractivity contribution in [2.75, 3.05) is 19.5 Å². The first kappa shape index (κ1) is 20.1. The summed E-state index contributed by atoms with van der Waals surface area (Å²) in [5, 5.41) is 2.69. The van der Waals surface area contributed by atoms with Crippen LogP contribution in [0.3, 0.4) is 0 Å². The van der Waals surface area contributed by atoms with Gasteiger partial charge in [0.05, 0.1) is 19.1 Å². The predicted octanol–water partition coefficient (Wildman–Crippen LogP) is 3.14. The number of benzene rings is 2. The lowest BCUT2D eigenvalue weighted by Gasteiger charge is -2.13. The molecule has 0 bridgehead atoms. The average molecular weight is 413 g/mol. The molecule has 0 saturated heterocycles. The number of carbonyl (C=O) groups excluding carboxylic acids is 1. The Balaban J connectivity index is 1.74. The summed E-state index contributed by atoms with van der Waals surface area (Å²) in [6, 6.07) is 11.9. The van der Waals surface area contributed by atoms with Crippen molar-refractivity contribution in [2.24, 2.45) is 0 Å². The van der Waals surface area contributed by atoms with Crippen LogP contribution in [0.4, 0.5) is 11.6 Å². The zero-order valence-corrected chi connectivity index (χ0v) is 16.4. The lowest BCUT2D eigenvalue weighted by atomic mass is 10.2. The Morgan fingerprint density at radius 2 is 1.55 bits per heavy atom. The third kappa shape index (κ3) is 4.99. The lowest BCUT2D eigenvalue weighted by molar-refractivity contribution is 0.102. The summed E-state index contributed by atoms with van der Waals surface area (Å²) in [7, 11) is -1.000. The molecule has 2 aromatic carbocycles. The molecule has 0 aliphatic carbocycles. The summed E-state index contributed by atoms with van der Waals surface area (Å²) >= 11 is 0. The maximum Gasteiger partial charge on any atom is 0.255 e. The monoisotopic (exact) mass is 413 g/mol. The molecule has 0 aliphatic rings. The number of rotatable bonds is 7. The Morgan fingerprint density at radius 1 is 0.966 bits per heavy atom. The van der Waals surface area contributed by atoms with Crippen LogP contribution >= 0.6 is 0 Å². The Hall–Kier alpha value is -3.66. The van der Waals surface area contributed by atoms with Gasteiger partial charge in [0.2, 0.25) is 10.0 Å². The van der Waals surface area contributed by atoms with Crippen LogP contribution in [0.5, 0.6) is 11.5 Å². The van der Waals surface area contributed by atoms with Gasteiger partial charge < -0.3 is 24.8 Å². The summed E-state index contributed by atoms with van der Waals surface area (Å²) < 4.78 is 38.5. The maximum absolute atomic E-state index is 12.5. The molecule has 0 fully saturated rings. The molecule has 0 unspecified atom stereocenters. The van der Waals surface area contributed by atoms with E-state index >= 15 is 0 Å². The highest BCUT2D eigenvalue weighted by Crippen LogP contribution is 2.26. The van der Waals surface area contributed by atoms with Crippen LogP contribution in [-0.4, -0.2) is 38.5 Å². The molecule has 10 heteroatoms. The van der Waals surface area contributed by atoms with Crippen molar-refractivity contribution in [3.63, 3.8) is 0 Å². The van der Waals surface area contributed by atoms with Gasteiger partial charge in [-0.1, -0.05) is 6.07 Å². The van der Waals surface area contributed by atoms with Gasteiger partial charge in [-0.15, -0.1) is 0 Å². The normalized spacial score (nSPS) is 10.8. The van der Waals surface area contributed by atoms with E-state index < -0.39 is 15.9 Å². The second-order valence-electron chi connectivity index (χ2n) is 5.69. The summed E-state index contributed by atoms with van der Waals surface area (Å²) in [6.07, 6.45) is 2.79. The highest BCUT2D eigenvalue weighted by Gasteiger charge is 2.13. The van der Waals surface area contributed by atoms with Gasteiger partial charge in [-0.05, 0) is 48.8 Å². The van der Waals surface area contributed by atoms with Crippen LogP contribution in [0, 0.1) is 0 Å². The van der Waals surface area contributed by atoms with Crippen LogP contribution in [0.25, 0.3) is 4.72 Å². The van der Waals surface area contributed by atoms with Gasteiger partial charge in [0.25, 0.3) is 5.91 Å². The van der Waals surface area contributed by atoms with Crippen LogP contribution in [0.2, 0.25) is 0 Å². The third-order valence-electron chi connectivity index (χ3n) is 3.78. The molecule has 1 heterocycles. The zero-order chi connectivity index (χ0) is 20.9.